The highest BCUT2D eigenvalue weighted by molar-refractivity contribution is 7.93. The van der Waals surface area contributed by atoms with Crippen molar-refractivity contribution >= 4 is 28.5 Å². The van der Waals surface area contributed by atoms with Crippen molar-refractivity contribution in [2.24, 2.45) is 0 Å². The van der Waals surface area contributed by atoms with Crippen LogP contribution < -0.4 is 0 Å². The summed E-state index contributed by atoms with van der Waals surface area (Å²) in [4.78, 5) is 16.1. The lowest BCUT2D eigenvalue weighted by molar-refractivity contribution is 0.360. The van der Waals surface area contributed by atoms with Crippen molar-refractivity contribution in [3.8, 4) is 0 Å². The first-order chi connectivity index (χ1) is 12.6. The smallest absolute Gasteiger partial charge is 0.323 e. The number of aryl methyl sites for hydroxylation is 1. The molecule has 2 aromatic rings. The summed E-state index contributed by atoms with van der Waals surface area (Å²) in [5.41, 5.74) is 2.36. The van der Waals surface area contributed by atoms with E-state index in [1.165, 1.54) is 16.3 Å². The zero-order chi connectivity index (χ0) is 20.1. The minimum absolute atomic E-state index is 0.267. The molecule has 0 spiro atoms. The molecule has 148 valence electrons. The largest absolute Gasteiger partial charge is 0.346 e. The SMILES string of the molecule is CC(=CCCCC(P(=O)(O)O)S(=O)(=O)O)CCc1ccc2ccccc2c1. The van der Waals surface area contributed by atoms with Crippen LogP contribution in [0.3, 0.4) is 0 Å². The monoisotopic (exact) mass is 412 g/mol. The topological polar surface area (TPSA) is 112 Å². The third-order valence-corrected chi connectivity index (χ3v) is 8.04. The molecule has 0 aromatic heterocycles. The predicted molar refractivity (Wildman–Crippen MR) is 107 cm³/mol. The molecule has 0 amide bonds. The Morgan fingerprint density at radius 1 is 1.15 bits per heavy atom. The van der Waals surface area contributed by atoms with E-state index >= 15 is 0 Å². The van der Waals surface area contributed by atoms with Gasteiger partial charge in [-0.05, 0) is 55.4 Å². The lowest BCUT2D eigenvalue weighted by Gasteiger charge is -2.14. The highest BCUT2D eigenvalue weighted by atomic mass is 32.2. The zero-order valence-corrected chi connectivity index (χ0v) is 16.9. The number of hydrogen-bond donors (Lipinski definition) is 3. The van der Waals surface area contributed by atoms with Crippen molar-refractivity contribution in [3.05, 3.63) is 59.7 Å². The average molecular weight is 412 g/mol. The summed E-state index contributed by atoms with van der Waals surface area (Å²) in [6.45, 7) is 1.98. The molecule has 8 heteroatoms. The average Bonchev–Trinajstić information content (AvgIpc) is 2.57. The second-order valence-electron chi connectivity index (χ2n) is 6.72. The van der Waals surface area contributed by atoms with Gasteiger partial charge in [0.1, 0.15) is 0 Å². The molecule has 0 bridgehead atoms. The Morgan fingerprint density at radius 3 is 2.44 bits per heavy atom. The second-order valence-corrected chi connectivity index (χ2v) is 10.5. The van der Waals surface area contributed by atoms with Crippen molar-refractivity contribution in [2.45, 2.75) is 44.0 Å². The summed E-state index contributed by atoms with van der Waals surface area (Å²) >= 11 is 0. The van der Waals surface area contributed by atoms with Crippen LogP contribution in [0, 0.1) is 0 Å². The predicted octanol–water partition coefficient (Wildman–Crippen LogP) is 4.28. The maximum Gasteiger partial charge on any atom is 0.346 e. The van der Waals surface area contributed by atoms with Gasteiger partial charge in [0, 0.05) is 0 Å². The molecule has 0 radical (unpaired) electrons. The maximum absolute atomic E-state index is 11.2. The molecule has 3 N–H and O–H groups in total. The molecule has 0 aliphatic heterocycles. The molecule has 27 heavy (non-hydrogen) atoms. The lowest BCUT2D eigenvalue weighted by Crippen LogP contribution is -2.20. The van der Waals surface area contributed by atoms with E-state index in [4.69, 9.17) is 14.3 Å². The van der Waals surface area contributed by atoms with Crippen LogP contribution >= 0.6 is 7.60 Å². The van der Waals surface area contributed by atoms with Gasteiger partial charge in [-0.3, -0.25) is 9.12 Å². The van der Waals surface area contributed by atoms with E-state index in [2.05, 4.69) is 30.3 Å². The third-order valence-electron chi connectivity index (χ3n) is 4.49. The molecule has 0 saturated heterocycles. The second kappa shape index (κ2) is 9.13. The summed E-state index contributed by atoms with van der Waals surface area (Å²) in [6.07, 6.45) is 4.15. The molecule has 6 nitrogen and oxygen atoms in total. The molecule has 2 rings (SSSR count). The van der Waals surface area contributed by atoms with Crippen molar-refractivity contribution < 1.29 is 27.3 Å². The summed E-state index contributed by atoms with van der Waals surface area (Å²) in [7, 11) is -9.66. The van der Waals surface area contributed by atoms with Crippen molar-refractivity contribution in [3.63, 3.8) is 0 Å². The summed E-state index contributed by atoms with van der Waals surface area (Å²) in [6, 6.07) is 14.5. The van der Waals surface area contributed by atoms with Gasteiger partial charge in [0.2, 0.25) is 0 Å². The fourth-order valence-corrected chi connectivity index (χ4v) is 5.34. The molecule has 1 atom stereocenters. The lowest BCUT2D eigenvalue weighted by atomic mass is 10.0. The van der Waals surface area contributed by atoms with Gasteiger partial charge in [0.15, 0.2) is 4.99 Å². The van der Waals surface area contributed by atoms with Gasteiger partial charge < -0.3 is 9.79 Å². The summed E-state index contributed by atoms with van der Waals surface area (Å²) in [5.74, 6) is 0. The van der Waals surface area contributed by atoms with Crippen molar-refractivity contribution in [2.75, 3.05) is 0 Å². The van der Waals surface area contributed by atoms with Crippen LogP contribution in [0.2, 0.25) is 0 Å². The minimum atomic E-state index is -4.89. The van der Waals surface area contributed by atoms with E-state index in [1.54, 1.807) is 0 Å². The van der Waals surface area contributed by atoms with Crippen LogP contribution in [0.1, 0.15) is 38.2 Å². The first-order valence-electron chi connectivity index (χ1n) is 8.72. The van der Waals surface area contributed by atoms with Gasteiger partial charge in [-0.1, -0.05) is 54.1 Å². The highest BCUT2D eigenvalue weighted by Crippen LogP contribution is 2.46. The minimum Gasteiger partial charge on any atom is -0.323 e. The highest BCUT2D eigenvalue weighted by Gasteiger charge is 2.38. The summed E-state index contributed by atoms with van der Waals surface area (Å²) < 4.78 is 42.4. The van der Waals surface area contributed by atoms with E-state index in [1.807, 2.05) is 25.1 Å². The Hall–Kier alpha value is -1.50. The molecular weight excluding hydrogens is 387 g/mol. The Labute approximate surface area is 159 Å². The van der Waals surface area contributed by atoms with Gasteiger partial charge in [0.05, 0.1) is 0 Å². The van der Waals surface area contributed by atoms with Gasteiger partial charge >= 0.3 is 7.60 Å². The van der Waals surface area contributed by atoms with Gasteiger partial charge in [-0.15, -0.1) is 0 Å². The molecular formula is C19H25O6PS. The van der Waals surface area contributed by atoms with E-state index < -0.39 is 22.7 Å². The van der Waals surface area contributed by atoms with E-state index in [-0.39, 0.29) is 12.8 Å². The standard InChI is InChI=1S/C19H25O6PS/c1-15(6-2-5-9-19(26(20,21)22)27(23,24)25)10-11-16-12-13-17-7-3-4-8-18(17)14-16/h3-4,6-8,12-14,19H,2,5,9-11H2,1H3,(H2,20,21,22)(H,23,24,25). The fourth-order valence-electron chi connectivity index (χ4n) is 2.97. The van der Waals surface area contributed by atoms with Crippen LogP contribution in [-0.4, -0.2) is 27.7 Å². The van der Waals surface area contributed by atoms with E-state index in [0.29, 0.717) is 6.42 Å². The van der Waals surface area contributed by atoms with Crippen LogP contribution in [0.25, 0.3) is 10.8 Å². The van der Waals surface area contributed by atoms with Crippen LogP contribution in [0.5, 0.6) is 0 Å². The number of benzene rings is 2. The molecule has 2 aromatic carbocycles. The first-order valence-corrected chi connectivity index (χ1v) is 11.9. The van der Waals surface area contributed by atoms with Crippen LogP contribution in [0.4, 0.5) is 0 Å². The van der Waals surface area contributed by atoms with Gasteiger partial charge in [-0.25, -0.2) is 0 Å². The molecule has 0 fully saturated rings. The van der Waals surface area contributed by atoms with Crippen molar-refractivity contribution in [1.29, 1.82) is 0 Å². The Bertz CT molecular complexity index is 961. The number of unbranched alkanes of at least 4 members (excludes halogenated alkanes) is 1. The molecule has 0 heterocycles. The molecule has 0 saturated carbocycles. The van der Waals surface area contributed by atoms with Crippen LogP contribution in [-0.2, 0) is 21.1 Å². The van der Waals surface area contributed by atoms with E-state index in [9.17, 15) is 13.0 Å². The number of hydrogen-bond acceptors (Lipinski definition) is 3. The van der Waals surface area contributed by atoms with Gasteiger partial charge in [0.25, 0.3) is 10.1 Å². The zero-order valence-electron chi connectivity index (χ0n) is 15.2. The third kappa shape index (κ3) is 6.87. The maximum atomic E-state index is 11.2. The number of rotatable bonds is 9. The normalized spacial score (nSPS) is 14.4. The van der Waals surface area contributed by atoms with Crippen molar-refractivity contribution in [1.82, 2.24) is 0 Å². The fraction of sp³-hybridized carbons (Fsp3) is 0.368. The number of fused-ring (bicyclic) bond motifs is 1. The Balaban J connectivity index is 1.85. The van der Waals surface area contributed by atoms with Crippen LogP contribution in [0.15, 0.2) is 54.1 Å². The Kier molecular flexibility index (Phi) is 7.37. The van der Waals surface area contributed by atoms with E-state index in [0.717, 1.165) is 18.4 Å². The molecule has 0 aliphatic carbocycles. The molecule has 1 unspecified atom stereocenters. The first kappa shape index (κ1) is 21.8. The number of allylic oxidation sites excluding steroid dienone is 2. The Morgan fingerprint density at radius 2 is 1.81 bits per heavy atom. The quantitative estimate of drug-likeness (QED) is 0.245. The van der Waals surface area contributed by atoms with Gasteiger partial charge in [-0.2, -0.15) is 8.42 Å². The summed E-state index contributed by atoms with van der Waals surface area (Å²) in [5, 5.41) is 2.40. The molecule has 0 aliphatic rings.